The molecule has 1 aromatic heterocycles. The lowest BCUT2D eigenvalue weighted by Crippen LogP contribution is -2.18. The normalized spacial score (nSPS) is 12.2. The summed E-state index contributed by atoms with van der Waals surface area (Å²) in [4.78, 5) is 5.63. The lowest BCUT2D eigenvalue weighted by atomic mass is 10.1. The van der Waals surface area contributed by atoms with Crippen LogP contribution in [0.3, 0.4) is 0 Å². The maximum Gasteiger partial charge on any atom is 0.133 e. The minimum Gasteiger partial charge on any atom is -0.328 e. The van der Waals surface area contributed by atoms with Gasteiger partial charge in [0.15, 0.2) is 0 Å². The van der Waals surface area contributed by atoms with E-state index in [-0.39, 0.29) is 18.4 Å². The number of halogens is 2. The third-order valence-electron chi connectivity index (χ3n) is 2.59. The number of fused-ring (bicyclic) bond motifs is 1. The predicted molar refractivity (Wildman–Crippen MR) is 83.1 cm³/mol. The zero-order valence-corrected chi connectivity index (χ0v) is 12.7. The molecule has 0 saturated carbocycles. The van der Waals surface area contributed by atoms with Crippen molar-refractivity contribution in [3.63, 3.8) is 0 Å². The summed E-state index contributed by atoms with van der Waals surface area (Å²) in [6.07, 6.45) is 2.80. The fraction of sp³-hybridized carbons (Fsp3) is 0.308. The van der Waals surface area contributed by atoms with E-state index in [2.05, 4.69) is 29.2 Å². The summed E-state index contributed by atoms with van der Waals surface area (Å²) < 4.78 is 0. The van der Waals surface area contributed by atoms with Crippen molar-refractivity contribution < 1.29 is 0 Å². The Hall–Kier alpha value is -0.480. The highest BCUT2D eigenvalue weighted by atomic mass is 35.5. The Morgan fingerprint density at radius 3 is 2.72 bits per heavy atom. The molecule has 0 aliphatic rings. The van der Waals surface area contributed by atoms with Crippen molar-refractivity contribution in [1.29, 1.82) is 0 Å². The van der Waals surface area contributed by atoms with Crippen LogP contribution in [0.5, 0.6) is 0 Å². The molecule has 0 aliphatic heterocycles. The van der Waals surface area contributed by atoms with Crippen molar-refractivity contribution in [1.82, 2.24) is 4.98 Å². The maximum atomic E-state index is 6.17. The van der Waals surface area contributed by atoms with Crippen LogP contribution in [0, 0.1) is 0 Å². The number of benzene rings is 1. The van der Waals surface area contributed by atoms with E-state index in [1.807, 2.05) is 13.2 Å². The molecule has 0 radical (unpaired) electrons. The van der Waals surface area contributed by atoms with Gasteiger partial charge in [-0.2, -0.15) is 0 Å². The Morgan fingerprint density at radius 2 is 2.11 bits per heavy atom. The van der Waals surface area contributed by atoms with E-state index in [0.717, 1.165) is 22.9 Å². The van der Waals surface area contributed by atoms with Crippen LogP contribution in [-0.2, 0) is 6.42 Å². The maximum absolute atomic E-state index is 6.17. The van der Waals surface area contributed by atoms with Crippen molar-refractivity contribution in [3.8, 4) is 0 Å². The van der Waals surface area contributed by atoms with Gasteiger partial charge in [-0.1, -0.05) is 17.7 Å². The smallest absolute Gasteiger partial charge is 0.133 e. The molecule has 0 fully saturated rings. The molecule has 2 rings (SSSR count). The molecule has 2 N–H and O–H groups in total. The fourth-order valence-corrected chi connectivity index (χ4v) is 2.44. The molecule has 2 aromatic rings. The Kier molecular flexibility index (Phi) is 5.73. The second kappa shape index (κ2) is 6.62. The van der Waals surface area contributed by atoms with Crippen LogP contribution < -0.4 is 5.73 Å². The number of hydrogen-bond acceptors (Lipinski definition) is 3. The van der Waals surface area contributed by atoms with Gasteiger partial charge < -0.3 is 5.73 Å². The fourth-order valence-electron chi connectivity index (χ4n) is 1.78. The van der Waals surface area contributed by atoms with E-state index in [9.17, 15) is 0 Å². The minimum atomic E-state index is 0. The lowest BCUT2D eigenvalue weighted by molar-refractivity contribution is 0.737. The molecule has 0 saturated heterocycles. The molecule has 0 amide bonds. The summed E-state index contributed by atoms with van der Waals surface area (Å²) in [5, 5.41) is 1.68. The van der Waals surface area contributed by atoms with Crippen LogP contribution in [0.4, 0.5) is 0 Å². The monoisotopic (exact) mass is 302 g/mol. The standard InChI is InChI=1S/C13H15ClN2S.ClH/c1-8(15)5-10-6-9-3-4-11(17-2)7-12(9)16-13(10)14;/h3-4,6-8H,5,15H2,1-2H3;1H. The molecule has 0 spiro atoms. The molecule has 18 heavy (non-hydrogen) atoms. The first kappa shape index (κ1) is 15.6. The zero-order chi connectivity index (χ0) is 12.4. The molecular weight excluding hydrogens is 287 g/mol. The molecule has 1 heterocycles. The van der Waals surface area contributed by atoms with Crippen molar-refractivity contribution in [3.05, 3.63) is 35.0 Å². The van der Waals surface area contributed by atoms with Gasteiger partial charge in [0.25, 0.3) is 0 Å². The molecule has 1 aromatic carbocycles. The summed E-state index contributed by atoms with van der Waals surface area (Å²) in [6.45, 7) is 1.97. The zero-order valence-electron chi connectivity index (χ0n) is 10.3. The van der Waals surface area contributed by atoms with Gasteiger partial charge in [0, 0.05) is 16.3 Å². The SMILES string of the molecule is CSc1ccc2cc(CC(C)N)c(Cl)nc2c1.Cl. The molecule has 98 valence electrons. The molecule has 2 nitrogen and oxygen atoms in total. The molecule has 1 atom stereocenters. The van der Waals surface area contributed by atoms with E-state index in [1.54, 1.807) is 11.8 Å². The highest BCUT2D eigenvalue weighted by Gasteiger charge is 2.07. The number of nitrogens with zero attached hydrogens (tertiary/aromatic N) is 1. The lowest BCUT2D eigenvalue weighted by Gasteiger charge is -2.09. The first-order valence-electron chi connectivity index (χ1n) is 5.49. The quantitative estimate of drug-likeness (QED) is 0.690. The van der Waals surface area contributed by atoms with Crippen molar-refractivity contribution >= 4 is 46.7 Å². The van der Waals surface area contributed by atoms with Gasteiger partial charge >= 0.3 is 0 Å². The van der Waals surface area contributed by atoms with Crippen molar-refractivity contribution in [2.45, 2.75) is 24.3 Å². The van der Waals surface area contributed by atoms with E-state index in [4.69, 9.17) is 17.3 Å². The van der Waals surface area contributed by atoms with Crippen LogP contribution >= 0.6 is 35.8 Å². The van der Waals surface area contributed by atoms with E-state index < -0.39 is 0 Å². The second-order valence-corrected chi connectivity index (χ2v) is 5.42. The highest BCUT2D eigenvalue weighted by Crippen LogP contribution is 2.25. The third kappa shape index (κ3) is 3.51. The molecule has 1 unspecified atom stereocenters. The van der Waals surface area contributed by atoms with Crippen molar-refractivity contribution in [2.75, 3.05) is 6.26 Å². The Labute approximate surface area is 123 Å². The number of nitrogens with two attached hydrogens (primary N) is 1. The average molecular weight is 303 g/mol. The van der Waals surface area contributed by atoms with Gasteiger partial charge in [-0.05, 0) is 43.4 Å². The van der Waals surface area contributed by atoms with Gasteiger partial charge in [0.05, 0.1) is 5.52 Å². The van der Waals surface area contributed by atoms with E-state index >= 15 is 0 Å². The number of thioether (sulfide) groups is 1. The van der Waals surface area contributed by atoms with E-state index in [0.29, 0.717) is 5.15 Å². The Morgan fingerprint density at radius 1 is 1.39 bits per heavy atom. The second-order valence-electron chi connectivity index (χ2n) is 4.18. The molecular formula is C13H16Cl2N2S. The van der Waals surface area contributed by atoms with Crippen LogP contribution in [0.2, 0.25) is 5.15 Å². The summed E-state index contributed by atoms with van der Waals surface area (Å²) in [5.74, 6) is 0. The third-order valence-corrected chi connectivity index (χ3v) is 3.65. The molecule has 0 aliphatic carbocycles. The van der Waals surface area contributed by atoms with Crippen LogP contribution in [-0.4, -0.2) is 17.3 Å². The summed E-state index contributed by atoms with van der Waals surface area (Å²) >= 11 is 7.87. The van der Waals surface area contributed by atoms with Crippen LogP contribution in [0.15, 0.2) is 29.2 Å². The van der Waals surface area contributed by atoms with Gasteiger partial charge in [0.1, 0.15) is 5.15 Å². The summed E-state index contributed by atoms with van der Waals surface area (Å²) in [7, 11) is 0. The van der Waals surface area contributed by atoms with Crippen molar-refractivity contribution in [2.24, 2.45) is 5.73 Å². The molecule has 0 bridgehead atoms. The first-order chi connectivity index (χ1) is 8.10. The van der Waals surface area contributed by atoms with Gasteiger partial charge in [0.2, 0.25) is 0 Å². The average Bonchev–Trinajstić information content (AvgIpc) is 2.29. The largest absolute Gasteiger partial charge is 0.328 e. The Balaban J connectivity index is 0.00000162. The first-order valence-corrected chi connectivity index (χ1v) is 7.09. The summed E-state index contributed by atoms with van der Waals surface area (Å²) in [6, 6.07) is 8.41. The highest BCUT2D eigenvalue weighted by molar-refractivity contribution is 7.98. The Bertz CT molecular complexity index is 544. The summed E-state index contributed by atoms with van der Waals surface area (Å²) in [5.41, 5.74) is 7.75. The van der Waals surface area contributed by atoms with Gasteiger partial charge in [-0.15, -0.1) is 24.2 Å². The minimum absolute atomic E-state index is 0. The van der Waals surface area contributed by atoms with Crippen LogP contribution in [0.25, 0.3) is 10.9 Å². The topological polar surface area (TPSA) is 38.9 Å². The van der Waals surface area contributed by atoms with Crippen LogP contribution in [0.1, 0.15) is 12.5 Å². The number of rotatable bonds is 3. The van der Waals surface area contributed by atoms with E-state index in [1.165, 1.54) is 4.90 Å². The molecule has 5 heteroatoms. The number of hydrogen-bond donors (Lipinski definition) is 1. The predicted octanol–water partition coefficient (Wildman–Crippen LogP) is 3.92. The number of pyridine rings is 1. The van der Waals surface area contributed by atoms with Gasteiger partial charge in [-0.25, -0.2) is 4.98 Å². The number of aromatic nitrogens is 1. The van der Waals surface area contributed by atoms with Gasteiger partial charge in [-0.3, -0.25) is 0 Å².